The van der Waals surface area contributed by atoms with E-state index in [4.69, 9.17) is 14.5 Å². The van der Waals surface area contributed by atoms with Gasteiger partial charge in [0.2, 0.25) is 0 Å². The van der Waals surface area contributed by atoms with Crippen LogP contribution >= 0.6 is 0 Å². The summed E-state index contributed by atoms with van der Waals surface area (Å²) in [6.07, 6.45) is 0.820. The number of aromatic nitrogens is 2. The van der Waals surface area contributed by atoms with Crippen molar-refractivity contribution in [3.05, 3.63) is 89.7 Å². The number of ether oxygens (including phenoxy) is 2. The lowest BCUT2D eigenvalue weighted by atomic mass is 9.87. The minimum absolute atomic E-state index is 0.125. The maximum Gasteiger partial charge on any atom is 0.251 e. The second-order valence-corrected chi connectivity index (χ2v) is 9.56. The van der Waals surface area contributed by atoms with Crippen LogP contribution in [0.2, 0.25) is 0 Å². The van der Waals surface area contributed by atoms with Crippen LogP contribution in [0.4, 0.5) is 0 Å². The lowest BCUT2D eigenvalue weighted by molar-refractivity contribution is 0.0949. The molecule has 0 bridgehead atoms. The van der Waals surface area contributed by atoms with Crippen LogP contribution < -0.4 is 14.8 Å². The minimum atomic E-state index is -0.145. The highest BCUT2D eigenvalue weighted by Crippen LogP contribution is 2.24. The number of para-hydroxylation sites is 2. The Hall–Kier alpha value is -3.80. The molecule has 0 fully saturated rings. The molecule has 0 saturated carbocycles. The van der Waals surface area contributed by atoms with E-state index in [0.29, 0.717) is 18.7 Å². The van der Waals surface area contributed by atoms with Gasteiger partial charge in [0.15, 0.2) is 0 Å². The number of methoxy groups -OCH3 is 1. The predicted octanol–water partition coefficient (Wildman–Crippen LogP) is 5.74. The van der Waals surface area contributed by atoms with E-state index in [1.54, 1.807) is 31.4 Å². The number of benzene rings is 3. The molecule has 0 saturated heterocycles. The van der Waals surface area contributed by atoms with Gasteiger partial charge in [-0.2, -0.15) is 0 Å². The SMILES string of the molecule is COc1ccc(C(=O)NCc2nc3ccccc3n2CCCOc2ccc(C(C)(C)C)cc2)cc1. The first-order valence-electron chi connectivity index (χ1n) is 11.9. The highest BCUT2D eigenvalue weighted by molar-refractivity contribution is 5.94. The van der Waals surface area contributed by atoms with Crippen LogP contribution in [0.1, 0.15) is 48.9 Å². The summed E-state index contributed by atoms with van der Waals surface area (Å²) >= 11 is 0. The molecule has 0 aliphatic rings. The van der Waals surface area contributed by atoms with Crippen molar-refractivity contribution >= 4 is 16.9 Å². The molecule has 4 rings (SSSR count). The molecule has 0 atom stereocenters. The third kappa shape index (κ3) is 6.01. The fraction of sp³-hybridized carbons (Fsp3) is 0.310. The molecule has 1 heterocycles. The lowest BCUT2D eigenvalue weighted by Crippen LogP contribution is -2.25. The first-order chi connectivity index (χ1) is 16.8. The average Bonchev–Trinajstić information content (AvgIpc) is 3.22. The molecule has 35 heavy (non-hydrogen) atoms. The molecule has 0 aliphatic carbocycles. The van der Waals surface area contributed by atoms with E-state index in [9.17, 15) is 4.79 Å². The number of carbonyl (C=O) groups excluding carboxylic acids is 1. The second-order valence-electron chi connectivity index (χ2n) is 9.56. The number of carbonyl (C=O) groups is 1. The van der Waals surface area contributed by atoms with Crippen LogP contribution in [0.25, 0.3) is 11.0 Å². The number of rotatable bonds is 9. The van der Waals surface area contributed by atoms with Gasteiger partial charge in [-0.3, -0.25) is 4.79 Å². The molecular formula is C29H33N3O3. The molecule has 0 spiro atoms. The summed E-state index contributed by atoms with van der Waals surface area (Å²) in [5.74, 6) is 2.27. The van der Waals surface area contributed by atoms with Gasteiger partial charge in [0.25, 0.3) is 5.91 Å². The summed E-state index contributed by atoms with van der Waals surface area (Å²) in [5, 5.41) is 2.99. The highest BCUT2D eigenvalue weighted by Gasteiger charge is 2.14. The predicted molar refractivity (Wildman–Crippen MR) is 139 cm³/mol. The second kappa shape index (κ2) is 10.6. The monoisotopic (exact) mass is 471 g/mol. The minimum Gasteiger partial charge on any atom is -0.497 e. The summed E-state index contributed by atoms with van der Waals surface area (Å²) in [5.41, 5.74) is 3.96. The number of nitrogens with one attached hydrogen (secondary N) is 1. The van der Waals surface area contributed by atoms with Crippen LogP contribution in [-0.4, -0.2) is 29.2 Å². The molecule has 3 aromatic carbocycles. The van der Waals surface area contributed by atoms with Crippen LogP contribution in [0, 0.1) is 0 Å². The first-order valence-corrected chi connectivity index (χ1v) is 11.9. The van der Waals surface area contributed by atoms with Gasteiger partial charge in [0.1, 0.15) is 17.3 Å². The Morgan fingerprint density at radius 3 is 2.31 bits per heavy atom. The Kier molecular flexibility index (Phi) is 7.39. The van der Waals surface area contributed by atoms with Crippen LogP contribution in [0.5, 0.6) is 11.5 Å². The standard InChI is InChI=1S/C29H33N3O3/c1-29(2,3)22-12-16-24(17-13-22)35-19-7-18-32-26-9-6-5-8-25(26)31-27(32)20-30-28(33)21-10-14-23(34-4)15-11-21/h5-6,8-17H,7,18-20H2,1-4H3,(H,30,33). The molecular weight excluding hydrogens is 438 g/mol. The summed E-state index contributed by atoms with van der Waals surface area (Å²) < 4.78 is 13.3. The Bertz CT molecular complexity index is 1270. The summed E-state index contributed by atoms with van der Waals surface area (Å²) in [4.78, 5) is 17.4. The van der Waals surface area contributed by atoms with Gasteiger partial charge in [-0.1, -0.05) is 45.0 Å². The van der Waals surface area contributed by atoms with E-state index in [1.165, 1.54) is 5.56 Å². The highest BCUT2D eigenvalue weighted by atomic mass is 16.5. The fourth-order valence-corrected chi connectivity index (χ4v) is 3.98. The maximum absolute atomic E-state index is 12.6. The number of hydrogen-bond donors (Lipinski definition) is 1. The quantitative estimate of drug-likeness (QED) is 0.316. The van der Waals surface area contributed by atoms with Crippen LogP contribution in [0.15, 0.2) is 72.8 Å². The number of fused-ring (bicyclic) bond motifs is 1. The zero-order chi connectivity index (χ0) is 24.8. The Morgan fingerprint density at radius 1 is 0.943 bits per heavy atom. The van der Waals surface area contributed by atoms with Crippen molar-refractivity contribution in [1.29, 1.82) is 0 Å². The number of amides is 1. The third-order valence-electron chi connectivity index (χ3n) is 6.01. The van der Waals surface area contributed by atoms with E-state index < -0.39 is 0 Å². The van der Waals surface area contributed by atoms with Gasteiger partial charge >= 0.3 is 0 Å². The van der Waals surface area contributed by atoms with Crippen molar-refractivity contribution in [2.45, 2.75) is 45.7 Å². The maximum atomic E-state index is 12.6. The van der Waals surface area contributed by atoms with Gasteiger partial charge in [-0.15, -0.1) is 0 Å². The molecule has 0 aliphatic heterocycles. The third-order valence-corrected chi connectivity index (χ3v) is 6.01. The molecule has 0 radical (unpaired) electrons. The molecule has 6 nitrogen and oxygen atoms in total. The molecule has 0 unspecified atom stereocenters. The van der Waals surface area contributed by atoms with Gasteiger partial charge < -0.3 is 19.4 Å². The molecule has 182 valence electrons. The Balaban J connectivity index is 1.38. The van der Waals surface area contributed by atoms with Crippen molar-refractivity contribution in [3.8, 4) is 11.5 Å². The zero-order valence-corrected chi connectivity index (χ0v) is 20.9. The van der Waals surface area contributed by atoms with Crippen molar-refractivity contribution in [2.75, 3.05) is 13.7 Å². The Labute approximate surface area is 206 Å². The van der Waals surface area contributed by atoms with E-state index in [-0.39, 0.29) is 11.3 Å². The van der Waals surface area contributed by atoms with Crippen molar-refractivity contribution in [3.63, 3.8) is 0 Å². The molecule has 1 amide bonds. The molecule has 1 N–H and O–H groups in total. The van der Waals surface area contributed by atoms with Crippen LogP contribution in [-0.2, 0) is 18.5 Å². The Morgan fingerprint density at radius 2 is 1.63 bits per heavy atom. The largest absolute Gasteiger partial charge is 0.497 e. The lowest BCUT2D eigenvalue weighted by Gasteiger charge is -2.19. The summed E-state index contributed by atoms with van der Waals surface area (Å²) in [7, 11) is 1.60. The summed E-state index contributed by atoms with van der Waals surface area (Å²) in [6.45, 7) is 8.29. The van der Waals surface area contributed by atoms with Crippen molar-refractivity contribution in [1.82, 2.24) is 14.9 Å². The van der Waals surface area contributed by atoms with Gasteiger partial charge in [-0.25, -0.2) is 4.98 Å². The fourth-order valence-electron chi connectivity index (χ4n) is 3.98. The topological polar surface area (TPSA) is 65.4 Å². The molecule has 4 aromatic rings. The van der Waals surface area contributed by atoms with Gasteiger partial charge in [0, 0.05) is 12.1 Å². The first kappa shape index (κ1) is 24.3. The summed E-state index contributed by atoms with van der Waals surface area (Å²) in [6, 6.07) is 23.4. The van der Waals surface area contributed by atoms with Crippen LogP contribution in [0.3, 0.4) is 0 Å². The van der Waals surface area contributed by atoms with Gasteiger partial charge in [-0.05, 0) is 65.9 Å². The zero-order valence-electron chi connectivity index (χ0n) is 20.9. The normalized spacial score (nSPS) is 11.4. The number of nitrogens with zero attached hydrogens (tertiary/aromatic N) is 2. The molecule has 1 aromatic heterocycles. The number of imidazole rings is 1. The average molecular weight is 472 g/mol. The van der Waals surface area contributed by atoms with E-state index in [2.05, 4.69) is 48.9 Å². The van der Waals surface area contributed by atoms with Crippen molar-refractivity contribution in [2.24, 2.45) is 0 Å². The van der Waals surface area contributed by atoms with Crippen molar-refractivity contribution < 1.29 is 14.3 Å². The van der Waals surface area contributed by atoms with E-state index in [1.807, 2.05) is 30.3 Å². The number of aryl methyl sites for hydroxylation is 1. The molecule has 6 heteroatoms. The van der Waals surface area contributed by atoms with Gasteiger partial charge in [0.05, 0.1) is 31.3 Å². The van der Waals surface area contributed by atoms with E-state index in [0.717, 1.165) is 41.3 Å². The smallest absolute Gasteiger partial charge is 0.251 e. The number of hydrogen-bond acceptors (Lipinski definition) is 4. The van der Waals surface area contributed by atoms with E-state index >= 15 is 0 Å².